The van der Waals surface area contributed by atoms with Crippen LogP contribution in [-0.2, 0) is 24.8 Å². The number of sulfonamides is 2. The van der Waals surface area contributed by atoms with Crippen molar-refractivity contribution >= 4 is 49.1 Å². The molecule has 0 atom stereocenters. The number of anilines is 3. The van der Waals surface area contributed by atoms with Gasteiger partial charge in [0, 0.05) is 50.7 Å². The molecule has 0 aromatic heterocycles. The van der Waals surface area contributed by atoms with Gasteiger partial charge in [0.25, 0.3) is 5.91 Å². The van der Waals surface area contributed by atoms with Gasteiger partial charge in [0.15, 0.2) is 0 Å². The first kappa shape index (κ1) is 35.5. The zero-order chi connectivity index (χ0) is 34.4. The molecule has 0 radical (unpaired) electrons. The van der Waals surface area contributed by atoms with E-state index in [4.69, 9.17) is 9.47 Å². The lowest BCUT2D eigenvalue weighted by Gasteiger charge is -2.35. The SMILES string of the molecule is CN(c1ccccc1C(=O)Nc1ccc(S(=O)(=O)N2CCN(c3cccc(OCCNC(=O)OC(C)(C)C)c3)CC2)cc1)S(C)(=O)=O. The van der Waals surface area contributed by atoms with Crippen LogP contribution in [0.4, 0.5) is 21.9 Å². The summed E-state index contributed by atoms with van der Waals surface area (Å²) in [7, 11) is -6.02. The van der Waals surface area contributed by atoms with Crippen LogP contribution in [-0.4, -0.2) is 91.4 Å². The van der Waals surface area contributed by atoms with Gasteiger partial charge in [0.2, 0.25) is 20.0 Å². The van der Waals surface area contributed by atoms with Crippen molar-refractivity contribution in [2.24, 2.45) is 0 Å². The van der Waals surface area contributed by atoms with Crippen LogP contribution in [0.15, 0.2) is 77.7 Å². The number of ether oxygens (including phenoxy) is 2. The predicted octanol–water partition coefficient (Wildman–Crippen LogP) is 3.75. The van der Waals surface area contributed by atoms with Gasteiger partial charge in [-0.3, -0.25) is 9.10 Å². The van der Waals surface area contributed by atoms with Crippen molar-refractivity contribution in [3.8, 4) is 5.75 Å². The van der Waals surface area contributed by atoms with E-state index in [1.54, 1.807) is 32.9 Å². The summed E-state index contributed by atoms with van der Waals surface area (Å²) in [4.78, 5) is 27.0. The van der Waals surface area contributed by atoms with Gasteiger partial charge >= 0.3 is 6.09 Å². The average molecular weight is 688 g/mol. The maximum atomic E-state index is 13.4. The average Bonchev–Trinajstić information content (AvgIpc) is 3.02. The summed E-state index contributed by atoms with van der Waals surface area (Å²) in [5, 5.41) is 5.36. The van der Waals surface area contributed by atoms with Crippen molar-refractivity contribution in [1.29, 1.82) is 0 Å². The van der Waals surface area contributed by atoms with E-state index >= 15 is 0 Å². The zero-order valence-electron chi connectivity index (χ0n) is 27.1. The van der Waals surface area contributed by atoms with Gasteiger partial charge < -0.3 is 25.0 Å². The molecule has 2 N–H and O–H groups in total. The highest BCUT2D eigenvalue weighted by Crippen LogP contribution is 2.26. The summed E-state index contributed by atoms with van der Waals surface area (Å²) in [6.07, 6.45) is 0.537. The number of piperazine rings is 1. The molecule has 4 rings (SSSR count). The van der Waals surface area contributed by atoms with Gasteiger partial charge in [0.05, 0.1) is 28.9 Å². The molecule has 254 valence electrons. The van der Waals surface area contributed by atoms with Crippen LogP contribution >= 0.6 is 0 Å². The second-order valence-electron chi connectivity index (χ2n) is 11.9. The third-order valence-electron chi connectivity index (χ3n) is 7.20. The Kier molecular flexibility index (Phi) is 11.0. The highest BCUT2D eigenvalue weighted by Gasteiger charge is 2.29. The molecule has 0 unspecified atom stereocenters. The first-order chi connectivity index (χ1) is 22.0. The smallest absolute Gasteiger partial charge is 0.407 e. The molecule has 1 aliphatic rings. The second kappa shape index (κ2) is 14.6. The fourth-order valence-electron chi connectivity index (χ4n) is 4.77. The lowest BCUT2D eigenvalue weighted by molar-refractivity contribution is 0.0520. The Labute approximate surface area is 276 Å². The van der Waals surface area contributed by atoms with Crippen LogP contribution in [0.3, 0.4) is 0 Å². The van der Waals surface area contributed by atoms with Gasteiger partial charge in [-0.05, 0) is 69.3 Å². The van der Waals surface area contributed by atoms with E-state index in [1.807, 2.05) is 24.3 Å². The molecule has 0 bridgehead atoms. The summed E-state index contributed by atoms with van der Waals surface area (Å²) < 4.78 is 64.4. The number of rotatable bonds is 11. The number of nitrogens with one attached hydrogen (secondary N) is 2. The summed E-state index contributed by atoms with van der Waals surface area (Å²) in [6.45, 7) is 7.40. The number of carbonyl (C=O) groups is 2. The number of hydrogen-bond donors (Lipinski definition) is 2. The number of alkyl carbamates (subject to hydrolysis) is 1. The van der Waals surface area contributed by atoms with Gasteiger partial charge in [-0.1, -0.05) is 18.2 Å². The first-order valence-corrected chi connectivity index (χ1v) is 18.2. The van der Waals surface area contributed by atoms with Crippen LogP contribution in [0.25, 0.3) is 0 Å². The molecule has 1 aliphatic heterocycles. The van der Waals surface area contributed by atoms with Crippen molar-refractivity contribution < 1.29 is 35.9 Å². The topological polar surface area (TPSA) is 155 Å². The molecule has 3 aromatic rings. The summed E-state index contributed by atoms with van der Waals surface area (Å²) >= 11 is 0. The number of amides is 2. The Bertz CT molecular complexity index is 1780. The molecule has 3 aromatic carbocycles. The minimum Gasteiger partial charge on any atom is -0.492 e. The fraction of sp³-hybridized carbons (Fsp3) is 0.375. The molecular weight excluding hydrogens is 647 g/mol. The Morgan fingerprint density at radius 2 is 1.55 bits per heavy atom. The van der Waals surface area contributed by atoms with Crippen molar-refractivity contribution in [2.75, 3.05) is 67.2 Å². The molecule has 1 heterocycles. The van der Waals surface area contributed by atoms with Gasteiger partial charge in [0.1, 0.15) is 18.0 Å². The number of carbonyl (C=O) groups excluding carboxylic acids is 2. The molecule has 0 saturated carbocycles. The number of nitrogens with zero attached hydrogens (tertiary/aromatic N) is 3. The van der Waals surface area contributed by atoms with E-state index in [0.29, 0.717) is 24.5 Å². The van der Waals surface area contributed by atoms with Crippen LogP contribution in [0.2, 0.25) is 0 Å². The molecule has 1 fully saturated rings. The van der Waals surface area contributed by atoms with Crippen LogP contribution < -0.4 is 24.6 Å². The Balaban J connectivity index is 1.31. The van der Waals surface area contributed by atoms with Gasteiger partial charge in [-0.15, -0.1) is 0 Å². The molecule has 47 heavy (non-hydrogen) atoms. The third kappa shape index (κ3) is 9.59. The van der Waals surface area contributed by atoms with Crippen molar-refractivity contribution in [1.82, 2.24) is 9.62 Å². The third-order valence-corrected chi connectivity index (χ3v) is 10.3. The Morgan fingerprint density at radius 3 is 2.19 bits per heavy atom. The van der Waals surface area contributed by atoms with E-state index in [0.717, 1.165) is 16.2 Å². The molecule has 0 aliphatic carbocycles. The zero-order valence-corrected chi connectivity index (χ0v) is 28.7. The van der Waals surface area contributed by atoms with Crippen molar-refractivity contribution in [3.63, 3.8) is 0 Å². The monoisotopic (exact) mass is 687 g/mol. The van der Waals surface area contributed by atoms with Crippen LogP contribution in [0.5, 0.6) is 5.75 Å². The maximum Gasteiger partial charge on any atom is 0.407 e. The first-order valence-electron chi connectivity index (χ1n) is 14.9. The number of hydrogen-bond acceptors (Lipinski definition) is 9. The molecule has 15 heteroatoms. The second-order valence-corrected chi connectivity index (χ2v) is 15.8. The Morgan fingerprint density at radius 1 is 0.894 bits per heavy atom. The summed E-state index contributed by atoms with van der Waals surface area (Å²) in [6, 6.07) is 19.7. The van der Waals surface area contributed by atoms with E-state index < -0.39 is 37.6 Å². The molecule has 2 amide bonds. The number of para-hydroxylation sites is 1. The van der Waals surface area contributed by atoms with E-state index in [1.165, 1.54) is 47.8 Å². The largest absolute Gasteiger partial charge is 0.492 e. The number of benzene rings is 3. The summed E-state index contributed by atoms with van der Waals surface area (Å²) in [5.41, 5.74) is 1.05. The maximum absolute atomic E-state index is 13.4. The normalized spacial score (nSPS) is 14.3. The van der Waals surface area contributed by atoms with E-state index in [9.17, 15) is 26.4 Å². The van der Waals surface area contributed by atoms with Crippen LogP contribution in [0, 0.1) is 0 Å². The minimum absolute atomic E-state index is 0.0940. The lowest BCUT2D eigenvalue weighted by atomic mass is 10.1. The molecular formula is C32H41N5O8S2. The van der Waals surface area contributed by atoms with E-state index in [-0.39, 0.29) is 42.4 Å². The van der Waals surface area contributed by atoms with Gasteiger partial charge in [-0.2, -0.15) is 4.31 Å². The molecule has 13 nitrogen and oxygen atoms in total. The lowest BCUT2D eigenvalue weighted by Crippen LogP contribution is -2.48. The van der Waals surface area contributed by atoms with Crippen molar-refractivity contribution in [2.45, 2.75) is 31.3 Å². The highest BCUT2D eigenvalue weighted by atomic mass is 32.2. The quantitative estimate of drug-likeness (QED) is 0.287. The van der Waals surface area contributed by atoms with Gasteiger partial charge in [-0.25, -0.2) is 21.6 Å². The fourth-order valence-corrected chi connectivity index (χ4v) is 6.71. The standard InChI is InChI=1S/C32H41N5O8S2/c1-32(2,3)45-31(39)33-17-22-44-26-10-8-9-25(23-26)36-18-20-37(21-19-36)47(42,43)27-15-13-24(14-16-27)34-30(38)28-11-6-7-12-29(28)35(4)46(5,40)41/h6-16,23H,17-22H2,1-5H3,(H,33,39)(H,34,38). The molecule has 0 spiro atoms. The summed E-state index contributed by atoms with van der Waals surface area (Å²) in [5.74, 6) is 0.0939. The van der Waals surface area contributed by atoms with Crippen LogP contribution in [0.1, 0.15) is 31.1 Å². The molecule has 1 saturated heterocycles. The Hall–Kier alpha value is -4.34. The highest BCUT2D eigenvalue weighted by molar-refractivity contribution is 7.92. The minimum atomic E-state index is -3.79. The van der Waals surface area contributed by atoms with Crippen molar-refractivity contribution in [3.05, 3.63) is 78.4 Å². The predicted molar refractivity (Wildman–Crippen MR) is 181 cm³/mol. The van der Waals surface area contributed by atoms with E-state index in [2.05, 4.69) is 15.5 Å².